The molecular weight excluding hydrogens is 387 g/mol. The van der Waals surface area contributed by atoms with Crippen LogP contribution in [0.25, 0.3) is 0 Å². The van der Waals surface area contributed by atoms with E-state index in [0.717, 1.165) is 26.7 Å². The van der Waals surface area contributed by atoms with Gasteiger partial charge in [-0.1, -0.05) is 0 Å². The van der Waals surface area contributed by atoms with Crippen LogP contribution in [0.15, 0.2) is 78.9 Å². The Morgan fingerprint density at radius 1 is 0.885 bits per heavy atom. The second-order valence-electron chi connectivity index (χ2n) is 6.17. The molecule has 3 rings (SSSR count). The number of rotatable bonds is 6. The molecule has 0 fully saturated rings. The molecular formula is C22H22N2OSe. The summed E-state index contributed by atoms with van der Waals surface area (Å²) in [6, 6.07) is 26.2. The quantitative estimate of drug-likeness (QED) is 0.632. The van der Waals surface area contributed by atoms with Crippen molar-refractivity contribution in [2.75, 3.05) is 24.3 Å². The second-order valence-corrected chi connectivity index (χ2v) is 8.30. The zero-order valence-corrected chi connectivity index (χ0v) is 16.7. The average Bonchev–Trinajstić information content (AvgIpc) is 2.68. The van der Waals surface area contributed by atoms with Gasteiger partial charge in [-0.05, 0) is 0 Å². The molecule has 0 aliphatic rings. The van der Waals surface area contributed by atoms with Crippen molar-refractivity contribution >= 4 is 36.7 Å². The fourth-order valence-electron chi connectivity index (χ4n) is 2.56. The van der Waals surface area contributed by atoms with Crippen LogP contribution in [0.2, 0.25) is 0 Å². The van der Waals surface area contributed by atoms with Crippen LogP contribution in [-0.2, 0) is 5.32 Å². The minimum absolute atomic E-state index is 0.0480. The fourth-order valence-corrected chi connectivity index (χ4v) is 4.67. The van der Waals surface area contributed by atoms with Gasteiger partial charge in [-0.3, -0.25) is 0 Å². The van der Waals surface area contributed by atoms with E-state index < -0.39 is 0 Å². The van der Waals surface area contributed by atoms with Gasteiger partial charge in [-0.15, -0.1) is 0 Å². The predicted molar refractivity (Wildman–Crippen MR) is 111 cm³/mol. The van der Waals surface area contributed by atoms with Gasteiger partial charge >= 0.3 is 161 Å². The molecule has 3 aromatic rings. The number of amides is 1. The summed E-state index contributed by atoms with van der Waals surface area (Å²) in [4.78, 5) is 14.8. The van der Waals surface area contributed by atoms with Gasteiger partial charge in [-0.25, -0.2) is 0 Å². The number of nitrogens with zero attached hydrogens (tertiary/aromatic N) is 1. The van der Waals surface area contributed by atoms with Crippen molar-refractivity contribution in [3.05, 3.63) is 90.0 Å². The van der Waals surface area contributed by atoms with Crippen molar-refractivity contribution in [3.8, 4) is 0 Å². The second kappa shape index (κ2) is 8.70. The first kappa shape index (κ1) is 18.2. The molecule has 0 saturated heterocycles. The standard InChI is InChI=1S/C22H22N2OSe/c1-24(2)19-14-12-18(13-15-19)23-22(25)20-10-6-7-11-21(20)26-16-17-8-4-3-5-9-17/h3-15H,16H2,1-2H3,(H,23,25). The van der Waals surface area contributed by atoms with E-state index in [1.807, 2.05) is 67.5 Å². The molecule has 0 aliphatic carbocycles. The summed E-state index contributed by atoms with van der Waals surface area (Å²) in [5.41, 5.74) is 3.99. The molecule has 0 aromatic heterocycles. The van der Waals surface area contributed by atoms with Crippen molar-refractivity contribution in [2.24, 2.45) is 0 Å². The van der Waals surface area contributed by atoms with Crippen LogP contribution in [0.4, 0.5) is 11.4 Å². The minimum atomic E-state index is -0.0480. The van der Waals surface area contributed by atoms with Crippen LogP contribution >= 0.6 is 0 Å². The topological polar surface area (TPSA) is 32.3 Å². The molecule has 0 saturated carbocycles. The first-order valence-electron chi connectivity index (χ1n) is 8.48. The third-order valence-electron chi connectivity index (χ3n) is 4.01. The predicted octanol–water partition coefficient (Wildman–Crippen LogP) is 3.53. The zero-order chi connectivity index (χ0) is 18.4. The first-order chi connectivity index (χ1) is 12.6. The molecule has 1 N–H and O–H groups in total. The van der Waals surface area contributed by atoms with Gasteiger partial charge < -0.3 is 0 Å². The maximum atomic E-state index is 12.8. The van der Waals surface area contributed by atoms with Gasteiger partial charge in [0.1, 0.15) is 0 Å². The molecule has 0 spiro atoms. The van der Waals surface area contributed by atoms with E-state index in [4.69, 9.17) is 0 Å². The fraction of sp³-hybridized carbons (Fsp3) is 0.136. The Morgan fingerprint density at radius 2 is 1.54 bits per heavy atom. The SMILES string of the molecule is CN(C)c1ccc(NC(=O)c2ccccc2[Se]Cc2ccccc2)cc1. The van der Waals surface area contributed by atoms with Gasteiger partial charge in [0.2, 0.25) is 0 Å². The van der Waals surface area contributed by atoms with E-state index in [-0.39, 0.29) is 20.9 Å². The molecule has 1 amide bonds. The molecule has 3 nitrogen and oxygen atoms in total. The number of hydrogen-bond donors (Lipinski definition) is 1. The number of benzene rings is 3. The third-order valence-corrected chi connectivity index (χ3v) is 6.41. The Kier molecular flexibility index (Phi) is 6.11. The summed E-state index contributed by atoms with van der Waals surface area (Å²) in [5.74, 6) is -0.0480. The van der Waals surface area contributed by atoms with E-state index in [1.54, 1.807) is 0 Å². The monoisotopic (exact) mass is 410 g/mol. The van der Waals surface area contributed by atoms with Crippen LogP contribution in [0.3, 0.4) is 0 Å². The summed E-state index contributed by atoms with van der Waals surface area (Å²) in [6.45, 7) is 0. The van der Waals surface area contributed by atoms with Gasteiger partial charge in [0.25, 0.3) is 0 Å². The molecule has 0 unspecified atom stereocenters. The van der Waals surface area contributed by atoms with Crippen LogP contribution in [0.5, 0.6) is 0 Å². The van der Waals surface area contributed by atoms with Crippen LogP contribution < -0.4 is 14.7 Å². The normalized spacial score (nSPS) is 10.4. The number of carbonyl (C=O) groups excluding carboxylic acids is 1. The summed E-state index contributed by atoms with van der Waals surface area (Å²) in [7, 11) is 4.00. The molecule has 4 heteroatoms. The average molecular weight is 409 g/mol. The van der Waals surface area contributed by atoms with Gasteiger partial charge in [0, 0.05) is 0 Å². The van der Waals surface area contributed by atoms with Gasteiger partial charge in [0.05, 0.1) is 0 Å². The summed E-state index contributed by atoms with van der Waals surface area (Å²) in [5, 5.41) is 4.00. The number of carbonyl (C=O) groups is 1. The summed E-state index contributed by atoms with van der Waals surface area (Å²) < 4.78 is 1.13. The van der Waals surface area contributed by atoms with Crippen molar-refractivity contribution in [1.82, 2.24) is 0 Å². The Balaban J connectivity index is 1.71. The van der Waals surface area contributed by atoms with Crippen LogP contribution in [0.1, 0.15) is 15.9 Å². The van der Waals surface area contributed by atoms with Crippen molar-refractivity contribution < 1.29 is 4.79 Å². The molecule has 132 valence electrons. The molecule has 0 atom stereocenters. The molecule has 0 heterocycles. The number of hydrogen-bond acceptors (Lipinski definition) is 2. The van der Waals surface area contributed by atoms with E-state index in [2.05, 4.69) is 35.6 Å². The Morgan fingerprint density at radius 3 is 2.23 bits per heavy atom. The van der Waals surface area contributed by atoms with Crippen molar-refractivity contribution in [3.63, 3.8) is 0 Å². The Bertz CT molecular complexity index is 861. The zero-order valence-electron chi connectivity index (χ0n) is 15.0. The van der Waals surface area contributed by atoms with Crippen molar-refractivity contribution in [2.45, 2.75) is 5.32 Å². The summed E-state index contributed by atoms with van der Waals surface area (Å²) >= 11 is 0.212. The number of nitrogens with one attached hydrogen (secondary N) is 1. The molecule has 0 aliphatic heterocycles. The Hall–Kier alpha value is -2.55. The molecule has 0 radical (unpaired) electrons. The van der Waals surface area contributed by atoms with E-state index in [0.29, 0.717) is 0 Å². The van der Waals surface area contributed by atoms with Crippen LogP contribution in [-0.4, -0.2) is 35.0 Å². The van der Waals surface area contributed by atoms with E-state index in [1.165, 1.54) is 5.56 Å². The molecule has 26 heavy (non-hydrogen) atoms. The first-order valence-corrected chi connectivity index (χ1v) is 10.5. The number of anilines is 2. The van der Waals surface area contributed by atoms with Crippen molar-refractivity contribution in [1.29, 1.82) is 0 Å². The molecule has 3 aromatic carbocycles. The Labute approximate surface area is 161 Å². The van der Waals surface area contributed by atoms with Gasteiger partial charge in [-0.2, -0.15) is 0 Å². The van der Waals surface area contributed by atoms with E-state index in [9.17, 15) is 4.79 Å². The van der Waals surface area contributed by atoms with Gasteiger partial charge in [0.15, 0.2) is 0 Å². The maximum absolute atomic E-state index is 12.8. The molecule has 0 bridgehead atoms. The van der Waals surface area contributed by atoms with E-state index >= 15 is 0 Å². The summed E-state index contributed by atoms with van der Waals surface area (Å²) in [6.07, 6.45) is 0. The third kappa shape index (κ3) is 4.75. The van der Waals surface area contributed by atoms with Crippen LogP contribution in [0, 0.1) is 0 Å².